The molecule has 2 atom stereocenters. The second kappa shape index (κ2) is 6.61. The summed E-state index contributed by atoms with van der Waals surface area (Å²) in [6, 6.07) is 4.24. The van der Waals surface area contributed by atoms with Gasteiger partial charge in [-0.2, -0.15) is 0 Å². The maximum Gasteiger partial charge on any atom is 0.127 e. The van der Waals surface area contributed by atoms with E-state index in [1.807, 2.05) is 0 Å². The molecule has 0 saturated heterocycles. The molecule has 0 heterocycles. The van der Waals surface area contributed by atoms with Gasteiger partial charge in [-0.25, -0.2) is 0 Å². The minimum absolute atomic E-state index is 0.125. The summed E-state index contributed by atoms with van der Waals surface area (Å²) >= 11 is 0. The van der Waals surface area contributed by atoms with Crippen molar-refractivity contribution in [3.05, 3.63) is 23.8 Å². The number of aliphatic hydroxyl groups excluding tert-OH is 1. The fourth-order valence-electron chi connectivity index (χ4n) is 1.87. The van der Waals surface area contributed by atoms with Crippen LogP contribution >= 0.6 is 0 Å². The third-order valence-corrected chi connectivity index (χ3v) is 3.03. The number of benzene rings is 1. The highest BCUT2D eigenvalue weighted by Crippen LogP contribution is 2.30. The van der Waals surface area contributed by atoms with Gasteiger partial charge in [-0.3, -0.25) is 0 Å². The Labute approximate surface area is 108 Å². The molecule has 0 aliphatic heterocycles. The summed E-state index contributed by atoms with van der Waals surface area (Å²) in [5, 5.41) is 19.4. The number of nitrogens with two attached hydrogens (primary N) is 1. The molecular formula is C14H23NO3. The Morgan fingerprint density at radius 1 is 1.28 bits per heavy atom. The van der Waals surface area contributed by atoms with Crippen LogP contribution in [0, 0.1) is 5.92 Å². The van der Waals surface area contributed by atoms with E-state index < -0.39 is 12.1 Å². The molecule has 0 aliphatic rings. The van der Waals surface area contributed by atoms with Crippen LogP contribution in [0.3, 0.4) is 0 Å². The Balaban J connectivity index is 2.79. The lowest BCUT2D eigenvalue weighted by atomic mass is 9.95. The number of phenolic OH excluding ortho intramolecular Hbond substituents is 1. The Kier molecular flexibility index (Phi) is 5.44. The van der Waals surface area contributed by atoms with Crippen molar-refractivity contribution >= 4 is 0 Å². The molecule has 1 rings (SSSR count). The zero-order valence-corrected chi connectivity index (χ0v) is 11.3. The van der Waals surface area contributed by atoms with Gasteiger partial charge < -0.3 is 20.7 Å². The van der Waals surface area contributed by atoms with E-state index in [2.05, 4.69) is 13.8 Å². The Bertz CT molecular complexity index is 379. The molecule has 0 aromatic heterocycles. The lowest BCUT2D eigenvalue weighted by molar-refractivity contribution is 0.127. The van der Waals surface area contributed by atoms with Gasteiger partial charge in [0.2, 0.25) is 0 Å². The standard InChI is InChI=1S/C14H23NO3/c1-9(2)4-7-12(17)14(15)11-6-5-10(16)8-13(11)18-3/h5-6,8-9,12,14,16-17H,4,7,15H2,1-3H3/t12-,14+/m0/s1. The summed E-state index contributed by atoms with van der Waals surface area (Å²) in [6.45, 7) is 4.22. The summed E-state index contributed by atoms with van der Waals surface area (Å²) in [4.78, 5) is 0. The molecule has 18 heavy (non-hydrogen) atoms. The average Bonchev–Trinajstić information content (AvgIpc) is 2.34. The first-order valence-corrected chi connectivity index (χ1v) is 6.26. The topological polar surface area (TPSA) is 75.7 Å². The zero-order valence-electron chi connectivity index (χ0n) is 11.3. The Morgan fingerprint density at radius 3 is 2.50 bits per heavy atom. The molecule has 0 unspecified atom stereocenters. The van der Waals surface area contributed by atoms with E-state index in [0.717, 1.165) is 6.42 Å². The van der Waals surface area contributed by atoms with Crippen LogP contribution in [-0.4, -0.2) is 23.4 Å². The largest absolute Gasteiger partial charge is 0.508 e. The van der Waals surface area contributed by atoms with Crippen molar-refractivity contribution in [3.8, 4) is 11.5 Å². The summed E-state index contributed by atoms with van der Waals surface area (Å²) in [7, 11) is 1.52. The predicted octanol–water partition coefficient (Wildman–Crippen LogP) is 2.20. The second-order valence-corrected chi connectivity index (χ2v) is 4.99. The maximum atomic E-state index is 10.1. The molecule has 4 heteroatoms. The van der Waals surface area contributed by atoms with Crippen molar-refractivity contribution in [1.29, 1.82) is 0 Å². The molecule has 0 bridgehead atoms. The highest BCUT2D eigenvalue weighted by Gasteiger charge is 2.20. The van der Waals surface area contributed by atoms with Crippen molar-refractivity contribution in [3.63, 3.8) is 0 Å². The molecule has 1 aromatic rings. The molecule has 4 N–H and O–H groups in total. The summed E-state index contributed by atoms with van der Waals surface area (Å²) in [6.07, 6.45) is 0.976. The molecule has 1 aromatic carbocycles. The molecule has 0 radical (unpaired) electrons. The van der Waals surface area contributed by atoms with Gasteiger partial charge in [-0.05, 0) is 30.9 Å². The van der Waals surface area contributed by atoms with Gasteiger partial charge in [-0.1, -0.05) is 13.8 Å². The molecule has 102 valence electrons. The smallest absolute Gasteiger partial charge is 0.127 e. The van der Waals surface area contributed by atoms with Crippen LogP contribution in [0.5, 0.6) is 11.5 Å². The fraction of sp³-hybridized carbons (Fsp3) is 0.571. The maximum absolute atomic E-state index is 10.1. The molecular weight excluding hydrogens is 230 g/mol. The van der Waals surface area contributed by atoms with Crippen molar-refractivity contribution in [2.24, 2.45) is 11.7 Å². The molecule has 0 saturated carbocycles. The van der Waals surface area contributed by atoms with Gasteiger partial charge in [0, 0.05) is 11.6 Å². The molecule has 0 fully saturated rings. The fourth-order valence-corrected chi connectivity index (χ4v) is 1.87. The lowest BCUT2D eigenvalue weighted by Gasteiger charge is -2.22. The van der Waals surface area contributed by atoms with Crippen LogP contribution in [0.1, 0.15) is 38.3 Å². The first-order valence-electron chi connectivity index (χ1n) is 6.26. The Hall–Kier alpha value is -1.26. The van der Waals surface area contributed by atoms with Crippen molar-refractivity contribution in [2.45, 2.75) is 38.8 Å². The van der Waals surface area contributed by atoms with Crippen LogP contribution in [0.25, 0.3) is 0 Å². The minimum atomic E-state index is -0.606. The summed E-state index contributed by atoms with van der Waals surface area (Å²) in [5.41, 5.74) is 6.75. The number of aliphatic hydroxyl groups is 1. The highest BCUT2D eigenvalue weighted by molar-refractivity contribution is 5.42. The highest BCUT2D eigenvalue weighted by atomic mass is 16.5. The van der Waals surface area contributed by atoms with Crippen molar-refractivity contribution in [1.82, 2.24) is 0 Å². The lowest BCUT2D eigenvalue weighted by Crippen LogP contribution is -2.27. The van der Waals surface area contributed by atoms with Gasteiger partial charge in [0.05, 0.1) is 19.3 Å². The third kappa shape index (κ3) is 3.89. The second-order valence-electron chi connectivity index (χ2n) is 4.99. The molecule has 0 spiro atoms. The van der Waals surface area contributed by atoms with E-state index in [4.69, 9.17) is 10.5 Å². The normalized spacial score (nSPS) is 14.6. The average molecular weight is 253 g/mol. The van der Waals surface area contributed by atoms with E-state index in [1.165, 1.54) is 13.2 Å². The van der Waals surface area contributed by atoms with Crippen molar-refractivity contribution < 1.29 is 14.9 Å². The number of methoxy groups -OCH3 is 1. The number of hydrogen-bond acceptors (Lipinski definition) is 4. The summed E-state index contributed by atoms with van der Waals surface area (Å²) in [5.74, 6) is 1.17. The number of aromatic hydroxyl groups is 1. The minimum Gasteiger partial charge on any atom is -0.508 e. The number of phenols is 1. The first-order chi connectivity index (χ1) is 8.45. The SMILES string of the molecule is COc1cc(O)ccc1[C@@H](N)[C@@H](O)CCC(C)C. The Morgan fingerprint density at radius 2 is 1.94 bits per heavy atom. The van der Waals surface area contributed by atoms with Gasteiger partial charge in [0.25, 0.3) is 0 Å². The van der Waals surface area contributed by atoms with Crippen LogP contribution in [0.2, 0.25) is 0 Å². The van der Waals surface area contributed by atoms with E-state index in [9.17, 15) is 10.2 Å². The number of hydrogen-bond donors (Lipinski definition) is 3. The molecule has 4 nitrogen and oxygen atoms in total. The van der Waals surface area contributed by atoms with Crippen LogP contribution in [0.4, 0.5) is 0 Å². The van der Waals surface area contributed by atoms with Gasteiger partial charge >= 0.3 is 0 Å². The first kappa shape index (κ1) is 14.8. The van der Waals surface area contributed by atoms with Crippen LogP contribution < -0.4 is 10.5 Å². The van der Waals surface area contributed by atoms with E-state index in [-0.39, 0.29) is 5.75 Å². The predicted molar refractivity (Wildman–Crippen MR) is 71.7 cm³/mol. The van der Waals surface area contributed by atoms with Crippen LogP contribution in [-0.2, 0) is 0 Å². The van der Waals surface area contributed by atoms with Gasteiger partial charge in [0.1, 0.15) is 11.5 Å². The number of rotatable bonds is 6. The molecule has 0 aliphatic carbocycles. The summed E-state index contributed by atoms with van der Waals surface area (Å²) < 4.78 is 5.17. The molecule has 0 amide bonds. The van der Waals surface area contributed by atoms with E-state index in [0.29, 0.717) is 23.7 Å². The quantitative estimate of drug-likeness (QED) is 0.726. The van der Waals surface area contributed by atoms with Crippen molar-refractivity contribution in [2.75, 3.05) is 7.11 Å². The number of ether oxygens (including phenoxy) is 1. The van der Waals surface area contributed by atoms with Crippen LogP contribution in [0.15, 0.2) is 18.2 Å². The zero-order chi connectivity index (χ0) is 13.7. The third-order valence-electron chi connectivity index (χ3n) is 3.03. The van der Waals surface area contributed by atoms with E-state index in [1.54, 1.807) is 12.1 Å². The monoisotopic (exact) mass is 253 g/mol. The van der Waals surface area contributed by atoms with Gasteiger partial charge in [-0.15, -0.1) is 0 Å². The van der Waals surface area contributed by atoms with E-state index >= 15 is 0 Å². The van der Waals surface area contributed by atoms with Gasteiger partial charge in [0.15, 0.2) is 0 Å².